The first kappa shape index (κ1) is 12.7. The molecular weight excluding hydrogens is 252 g/mol. The first-order valence-corrected chi connectivity index (χ1v) is 6.17. The zero-order valence-corrected chi connectivity index (χ0v) is 10.8. The van der Waals surface area contributed by atoms with Gasteiger partial charge < -0.3 is 11.1 Å². The van der Waals surface area contributed by atoms with Gasteiger partial charge in [-0.1, -0.05) is 35.0 Å². The molecule has 2 nitrogen and oxygen atoms in total. The Bertz CT molecular complexity index is 289. The Morgan fingerprint density at radius 1 is 1.47 bits per heavy atom. The Labute approximate surface area is 100 Å². The summed E-state index contributed by atoms with van der Waals surface area (Å²) in [7, 11) is 0. The van der Waals surface area contributed by atoms with Crippen LogP contribution in [-0.2, 0) is 6.54 Å². The van der Waals surface area contributed by atoms with E-state index in [4.69, 9.17) is 5.73 Å². The van der Waals surface area contributed by atoms with Crippen molar-refractivity contribution < 1.29 is 0 Å². The fraction of sp³-hybridized carbons (Fsp3) is 0.500. The van der Waals surface area contributed by atoms with Crippen molar-refractivity contribution in [3.05, 3.63) is 34.3 Å². The van der Waals surface area contributed by atoms with E-state index in [9.17, 15) is 0 Å². The molecule has 0 saturated heterocycles. The molecule has 1 atom stereocenters. The van der Waals surface area contributed by atoms with Gasteiger partial charge in [-0.25, -0.2) is 0 Å². The Hall–Kier alpha value is -0.380. The summed E-state index contributed by atoms with van der Waals surface area (Å²) in [5.41, 5.74) is 6.86. The molecule has 0 spiro atoms. The predicted molar refractivity (Wildman–Crippen MR) is 68.7 cm³/mol. The summed E-state index contributed by atoms with van der Waals surface area (Å²) >= 11 is 3.46. The van der Waals surface area contributed by atoms with Crippen LogP contribution in [0.1, 0.15) is 18.9 Å². The Balaban J connectivity index is 2.20. The Morgan fingerprint density at radius 2 is 2.27 bits per heavy atom. The van der Waals surface area contributed by atoms with E-state index >= 15 is 0 Å². The number of rotatable bonds is 6. The maximum absolute atomic E-state index is 5.55. The second-order valence-corrected chi connectivity index (χ2v) is 4.85. The summed E-state index contributed by atoms with van der Waals surface area (Å²) in [5.74, 6) is 0.611. The molecule has 0 heterocycles. The molecule has 0 bridgehead atoms. The summed E-state index contributed by atoms with van der Waals surface area (Å²) in [5, 5.41) is 3.42. The molecule has 1 unspecified atom stereocenters. The average molecular weight is 271 g/mol. The Kier molecular flexibility index (Phi) is 5.91. The highest BCUT2D eigenvalue weighted by atomic mass is 79.9. The molecule has 3 N–H and O–H groups in total. The minimum Gasteiger partial charge on any atom is -0.330 e. The number of hydrogen-bond donors (Lipinski definition) is 2. The largest absolute Gasteiger partial charge is 0.330 e. The van der Waals surface area contributed by atoms with Crippen molar-refractivity contribution in [2.45, 2.75) is 19.9 Å². The molecule has 1 rings (SSSR count). The molecule has 0 aliphatic rings. The van der Waals surface area contributed by atoms with Crippen LogP contribution in [0.5, 0.6) is 0 Å². The lowest BCUT2D eigenvalue weighted by molar-refractivity contribution is 0.509. The summed E-state index contributed by atoms with van der Waals surface area (Å²) < 4.78 is 1.14. The lowest BCUT2D eigenvalue weighted by Gasteiger charge is -2.09. The molecule has 0 aliphatic carbocycles. The van der Waals surface area contributed by atoms with Crippen LogP contribution in [0.25, 0.3) is 0 Å². The molecular formula is C12H19BrN2. The normalized spacial score (nSPS) is 12.7. The molecule has 0 radical (unpaired) electrons. The van der Waals surface area contributed by atoms with Crippen molar-refractivity contribution in [2.24, 2.45) is 11.7 Å². The Morgan fingerprint density at radius 3 is 2.93 bits per heavy atom. The van der Waals surface area contributed by atoms with Gasteiger partial charge in [0.2, 0.25) is 0 Å². The topological polar surface area (TPSA) is 38.0 Å². The van der Waals surface area contributed by atoms with Gasteiger partial charge in [0.25, 0.3) is 0 Å². The molecule has 1 aromatic carbocycles. The van der Waals surface area contributed by atoms with Crippen molar-refractivity contribution in [2.75, 3.05) is 13.1 Å². The average Bonchev–Trinajstić information content (AvgIpc) is 2.24. The van der Waals surface area contributed by atoms with E-state index in [2.05, 4.69) is 46.4 Å². The lowest BCUT2D eigenvalue weighted by atomic mass is 10.1. The molecule has 0 aliphatic heterocycles. The van der Waals surface area contributed by atoms with Gasteiger partial charge in [0.05, 0.1) is 0 Å². The van der Waals surface area contributed by atoms with E-state index in [1.165, 1.54) is 5.56 Å². The third-order valence-corrected chi connectivity index (χ3v) is 2.93. The zero-order valence-electron chi connectivity index (χ0n) is 9.17. The third-order valence-electron chi connectivity index (χ3n) is 2.43. The van der Waals surface area contributed by atoms with Crippen molar-refractivity contribution in [3.8, 4) is 0 Å². The second-order valence-electron chi connectivity index (χ2n) is 3.94. The van der Waals surface area contributed by atoms with Crippen LogP contribution in [0.15, 0.2) is 28.7 Å². The number of hydrogen-bond acceptors (Lipinski definition) is 2. The molecule has 0 aromatic heterocycles. The molecule has 0 saturated carbocycles. The quantitative estimate of drug-likeness (QED) is 0.780. The van der Waals surface area contributed by atoms with Gasteiger partial charge in [-0.15, -0.1) is 0 Å². The van der Waals surface area contributed by atoms with Gasteiger partial charge >= 0.3 is 0 Å². The highest BCUT2D eigenvalue weighted by molar-refractivity contribution is 9.10. The van der Waals surface area contributed by atoms with Crippen molar-refractivity contribution >= 4 is 15.9 Å². The summed E-state index contributed by atoms with van der Waals surface area (Å²) in [4.78, 5) is 0. The number of nitrogens with two attached hydrogens (primary N) is 1. The SMILES string of the molecule is CC(CN)CCNCc1cccc(Br)c1. The summed E-state index contributed by atoms with van der Waals surface area (Å²) in [6.07, 6.45) is 1.14. The van der Waals surface area contributed by atoms with Crippen LogP contribution in [0.4, 0.5) is 0 Å². The van der Waals surface area contributed by atoms with E-state index in [1.54, 1.807) is 0 Å². The third kappa shape index (κ3) is 5.30. The molecule has 1 aromatic rings. The predicted octanol–water partition coefficient (Wildman–Crippen LogP) is 2.52. The van der Waals surface area contributed by atoms with Crippen LogP contribution >= 0.6 is 15.9 Å². The van der Waals surface area contributed by atoms with E-state index in [0.29, 0.717) is 5.92 Å². The first-order valence-electron chi connectivity index (χ1n) is 5.37. The fourth-order valence-corrected chi connectivity index (χ4v) is 1.79. The second kappa shape index (κ2) is 6.99. The van der Waals surface area contributed by atoms with Crippen LogP contribution in [0.2, 0.25) is 0 Å². The smallest absolute Gasteiger partial charge is 0.0205 e. The fourth-order valence-electron chi connectivity index (χ4n) is 1.35. The zero-order chi connectivity index (χ0) is 11.1. The number of benzene rings is 1. The molecule has 15 heavy (non-hydrogen) atoms. The van der Waals surface area contributed by atoms with E-state index < -0.39 is 0 Å². The van der Waals surface area contributed by atoms with Crippen LogP contribution in [-0.4, -0.2) is 13.1 Å². The summed E-state index contributed by atoms with van der Waals surface area (Å²) in [6.45, 7) is 4.92. The minimum atomic E-state index is 0.611. The van der Waals surface area contributed by atoms with Gasteiger partial charge in [0.15, 0.2) is 0 Å². The monoisotopic (exact) mass is 270 g/mol. The van der Waals surface area contributed by atoms with Gasteiger partial charge in [-0.3, -0.25) is 0 Å². The highest BCUT2D eigenvalue weighted by Crippen LogP contribution is 2.11. The van der Waals surface area contributed by atoms with Crippen molar-refractivity contribution in [1.29, 1.82) is 0 Å². The maximum Gasteiger partial charge on any atom is 0.0205 e. The van der Waals surface area contributed by atoms with Crippen molar-refractivity contribution in [1.82, 2.24) is 5.32 Å². The molecule has 0 fully saturated rings. The van der Waals surface area contributed by atoms with Gasteiger partial charge in [-0.05, 0) is 43.1 Å². The summed E-state index contributed by atoms with van der Waals surface area (Å²) in [6, 6.07) is 8.37. The standard InChI is InChI=1S/C12H19BrN2/c1-10(8-14)5-6-15-9-11-3-2-4-12(13)7-11/h2-4,7,10,15H,5-6,8-9,14H2,1H3. The number of nitrogens with one attached hydrogen (secondary N) is 1. The minimum absolute atomic E-state index is 0.611. The maximum atomic E-state index is 5.55. The van der Waals surface area contributed by atoms with Gasteiger partial charge in [-0.2, -0.15) is 0 Å². The van der Waals surface area contributed by atoms with Crippen molar-refractivity contribution in [3.63, 3.8) is 0 Å². The highest BCUT2D eigenvalue weighted by Gasteiger charge is 1.98. The molecule has 84 valence electrons. The van der Waals surface area contributed by atoms with Gasteiger partial charge in [0, 0.05) is 11.0 Å². The number of halogens is 1. The van der Waals surface area contributed by atoms with E-state index in [1.807, 2.05) is 6.07 Å². The molecule has 0 amide bonds. The lowest BCUT2D eigenvalue weighted by Crippen LogP contribution is -2.20. The first-order chi connectivity index (χ1) is 7.22. The van der Waals surface area contributed by atoms with Gasteiger partial charge in [0.1, 0.15) is 0 Å². The van der Waals surface area contributed by atoms with E-state index in [-0.39, 0.29) is 0 Å². The molecule has 3 heteroatoms. The van der Waals surface area contributed by atoms with Crippen LogP contribution in [0, 0.1) is 5.92 Å². The van der Waals surface area contributed by atoms with E-state index in [0.717, 1.165) is 30.5 Å². The van der Waals surface area contributed by atoms with Crippen LogP contribution < -0.4 is 11.1 Å². The van der Waals surface area contributed by atoms with Crippen LogP contribution in [0.3, 0.4) is 0 Å².